The number of carboxylic acids is 1. The molecule has 0 aliphatic heterocycles. The first-order chi connectivity index (χ1) is 21.8. The van der Waals surface area contributed by atoms with Crippen LogP contribution in [-0.2, 0) is 19.0 Å². The van der Waals surface area contributed by atoms with Crippen molar-refractivity contribution in [3.05, 3.63) is 11.6 Å². The number of nitrogens with one attached hydrogen (secondary N) is 1. The molecule has 3 N–H and O–H groups in total. The average Bonchev–Trinajstić information content (AvgIpc) is 2.99. The summed E-state index contributed by atoms with van der Waals surface area (Å²) >= 11 is 0. The number of ether oxygens (including phenoxy) is 3. The van der Waals surface area contributed by atoms with E-state index in [1.807, 2.05) is 7.11 Å². The molecule has 47 heavy (non-hydrogen) atoms. The van der Waals surface area contributed by atoms with E-state index < -0.39 is 11.9 Å². The van der Waals surface area contributed by atoms with Crippen LogP contribution in [0.15, 0.2) is 11.6 Å². The monoisotopic (exact) mass is 664 g/mol. The molecule has 0 radical (unpaired) electrons. The second-order valence-electron chi connectivity index (χ2n) is 17.9. The van der Waals surface area contributed by atoms with Crippen molar-refractivity contribution in [2.24, 2.45) is 63.1 Å². The first-order valence-corrected chi connectivity index (χ1v) is 18.7. The Morgan fingerprint density at radius 3 is 2.21 bits per heavy atom. The lowest BCUT2D eigenvalue weighted by Crippen LogP contribution is -2.64. The zero-order chi connectivity index (χ0) is 35.6. The van der Waals surface area contributed by atoms with Crippen molar-refractivity contribution in [3.63, 3.8) is 0 Å². The lowest BCUT2D eigenvalue weighted by Gasteiger charge is -2.68. The van der Waals surface area contributed by atoms with E-state index in [0.717, 1.165) is 38.5 Å². The third-order valence-electron chi connectivity index (χ3n) is 14.8. The first-order valence-electron chi connectivity index (χ1n) is 18.7. The summed E-state index contributed by atoms with van der Waals surface area (Å²) in [7, 11) is 3.63. The molecule has 274 valence electrons. The molecule has 0 amide bonds. The molecule has 10 atom stereocenters. The summed E-state index contributed by atoms with van der Waals surface area (Å²) in [6.45, 7) is 27.3. The maximum Gasteiger partial charge on any atom is 0.307 e. The van der Waals surface area contributed by atoms with Gasteiger partial charge in [0.1, 0.15) is 0 Å². The number of carboxylic acid groups (broad SMARTS) is 1. The van der Waals surface area contributed by atoms with Crippen molar-refractivity contribution in [2.45, 2.75) is 126 Å². The van der Waals surface area contributed by atoms with Gasteiger partial charge in [0.2, 0.25) is 0 Å². The van der Waals surface area contributed by atoms with Gasteiger partial charge in [-0.15, -0.1) is 0 Å². The van der Waals surface area contributed by atoms with E-state index in [0.29, 0.717) is 61.9 Å². The van der Waals surface area contributed by atoms with Crippen molar-refractivity contribution in [3.8, 4) is 0 Å². The minimum Gasteiger partial charge on any atom is -0.481 e. The maximum atomic E-state index is 13.4. The molecule has 3 aliphatic rings. The molecule has 2 fully saturated rings. The number of aliphatic carboxylic acids is 1. The number of hydrogen-bond acceptors (Lipinski definition) is 6. The quantitative estimate of drug-likeness (QED) is 0.136. The molecule has 3 rings (SSSR count). The van der Waals surface area contributed by atoms with Crippen LogP contribution in [0.2, 0.25) is 0 Å². The number of carbonyl (C=O) groups is 1. The molecule has 7 nitrogen and oxygen atoms in total. The van der Waals surface area contributed by atoms with Gasteiger partial charge in [0.05, 0.1) is 38.4 Å². The van der Waals surface area contributed by atoms with Gasteiger partial charge in [-0.05, 0) is 97.2 Å². The summed E-state index contributed by atoms with van der Waals surface area (Å²) in [5.74, 6) is 1.24. The van der Waals surface area contributed by atoms with Crippen LogP contribution >= 0.6 is 0 Å². The highest BCUT2D eigenvalue weighted by Crippen LogP contribution is 2.73. The summed E-state index contributed by atoms with van der Waals surface area (Å²) in [6.07, 6.45) is 8.13. The Morgan fingerprint density at radius 2 is 1.70 bits per heavy atom. The van der Waals surface area contributed by atoms with Crippen LogP contribution in [0.4, 0.5) is 0 Å². The largest absolute Gasteiger partial charge is 0.481 e. The molecule has 7 heteroatoms. The standard InChI is InChI=1S/C40H73NO6/c1-26(2)29(7)36(8)18-19-37(9)32-15-14-31(27(3)4)40(25-45-12,33(32)16-17-38(37,10)34(36)35(43)44)22-30(46-13)23-47-24-39(11,28(5)6)41-20-21-42/h16,26-32,34,41-42H,14-15,17-25H2,1-13H3,(H,43,44)/t29-,30-,31+,32+,34-,36-,37-,38+,39+,40-/m1/s1. The van der Waals surface area contributed by atoms with Crippen molar-refractivity contribution in [2.75, 3.05) is 47.2 Å². The number of rotatable bonds is 17. The summed E-state index contributed by atoms with van der Waals surface area (Å²) in [5, 5.41) is 23.9. The van der Waals surface area contributed by atoms with E-state index in [-0.39, 0.29) is 39.9 Å². The van der Waals surface area contributed by atoms with E-state index in [1.165, 1.54) is 5.57 Å². The minimum atomic E-state index is -0.622. The molecule has 0 bridgehead atoms. The SMILES string of the molecule is COC[C@@]1(C[C@H](COC[C@](C)(NCCO)C(C)C)OC)C2=CC[C@@]3(C)[C@H](C(=O)O)[C@@](C)([C@H](C)C(C)C)CC[C@]3(C)[C@H]2CC[C@H]1C(C)C. The van der Waals surface area contributed by atoms with Crippen LogP contribution in [0.1, 0.15) is 115 Å². The fourth-order valence-corrected chi connectivity index (χ4v) is 10.9. The molecule has 0 heterocycles. The molecular formula is C40H73NO6. The van der Waals surface area contributed by atoms with Gasteiger partial charge >= 0.3 is 5.97 Å². The van der Waals surface area contributed by atoms with Crippen molar-refractivity contribution >= 4 is 5.97 Å². The highest BCUT2D eigenvalue weighted by Gasteiger charge is 2.68. The van der Waals surface area contributed by atoms with Gasteiger partial charge < -0.3 is 29.7 Å². The zero-order valence-electron chi connectivity index (χ0n) is 32.5. The number of methoxy groups -OCH3 is 2. The number of β-amino-alcohol motifs (C(OH)–C–C–N with tert-alkyl or cyclic N) is 1. The van der Waals surface area contributed by atoms with Gasteiger partial charge in [-0.2, -0.15) is 0 Å². The summed E-state index contributed by atoms with van der Waals surface area (Å²) < 4.78 is 18.8. The molecule has 0 aromatic rings. The van der Waals surface area contributed by atoms with E-state index in [9.17, 15) is 15.0 Å². The third kappa shape index (κ3) is 7.27. The first kappa shape index (κ1) is 40.4. The zero-order valence-corrected chi connectivity index (χ0v) is 32.5. The molecular weight excluding hydrogens is 590 g/mol. The van der Waals surface area contributed by atoms with E-state index in [2.05, 4.69) is 87.6 Å². The van der Waals surface area contributed by atoms with Crippen LogP contribution in [0.3, 0.4) is 0 Å². The van der Waals surface area contributed by atoms with Crippen LogP contribution in [0, 0.1) is 63.1 Å². The Balaban J connectivity index is 2.05. The molecule has 0 spiro atoms. The van der Waals surface area contributed by atoms with E-state index in [4.69, 9.17) is 14.2 Å². The fourth-order valence-electron chi connectivity index (χ4n) is 10.9. The Morgan fingerprint density at radius 1 is 1.04 bits per heavy atom. The molecule has 3 aliphatic carbocycles. The maximum absolute atomic E-state index is 13.4. The normalized spacial score (nSPS) is 36.9. The number of aliphatic hydroxyl groups is 1. The molecule has 0 aromatic heterocycles. The van der Waals surface area contributed by atoms with Gasteiger partial charge in [0.25, 0.3) is 0 Å². The second-order valence-corrected chi connectivity index (χ2v) is 17.9. The molecule has 0 saturated heterocycles. The smallest absolute Gasteiger partial charge is 0.307 e. The second kappa shape index (κ2) is 15.5. The van der Waals surface area contributed by atoms with Gasteiger partial charge in [0, 0.05) is 31.7 Å². The highest BCUT2D eigenvalue weighted by molar-refractivity contribution is 5.73. The van der Waals surface area contributed by atoms with Crippen molar-refractivity contribution in [1.82, 2.24) is 5.32 Å². The van der Waals surface area contributed by atoms with Crippen molar-refractivity contribution < 1.29 is 29.2 Å². The number of aliphatic hydroxyl groups excluding tert-OH is 1. The van der Waals surface area contributed by atoms with Crippen LogP contribution in [0.5, 0.6) is 0 Å². The predicted octanol–water partition coefficient (Wildman–Crippen LogP) is 7.86. The molecule has 2 saturated carbocycles. The lowest BCUT2D eigenvalue weighted by atomic mass is 9.35. The average molecular weight is 664 g/mol. The minimum absolute atomic E-state index is 0.0938. The Labute approximate surface area is 288 Å². The van der Waals surface area contributed by atoms with Gasteiger partial charge in [-0.25, -0.2) is 0 Å². The fraction of sp³-hybridized carbons (Fsp3) is 0.925. The predicted molar refractivity (Wildman–Crippen MR) is 191 cm³/mol. The van der Waals surface area contributed by atoms with Crippen LogP contribution < -0.4 is 5.32 Å². The van der Waals surface area contributed by atoms with Crippen LogP contribution in [0.25, 0.3) is 0 Å². The molecule has 0 aromatic carbocycles. The lowest BCUT2D eigenvalue weighted by molar-refractivity contribution is -0.196. The molecule has 0 unspecified atom stereocenters. The number of hydrogen-bond donors (Lipinski definition) is 3. The Hall–Kier alpha value is -0.990. The summed E-state index contributed by atoms with van der Waals surface area (Å²) in [6, 6.07) is 0. The van der Waals surface area contributed by atoms with Gasteiger partial charge in [0.15, 0.2) is 0 Å². The summed E-state index contributed by atoms with van der Waals surface area (Å²) in [5.41, 5.74) is 0.282. The highest BCUT2D eigenvalue weighted by atomic mass is 16.5. The van der Waals surface area contributed by atoms with Crippen LogP contribution in [-0.4, -0.2) is 75.0 Å². The van der Waals surface area contributed by atoms with Crippen molar-refractivity contribution in [1.29, 1.82) is 0 Å². The number of allylic oxidation sites excluding steroid dienone is 1. The topological polar surface area (TPSA) is 97.3 Å². The summed E-state index contributed by atoms with van der Waals surface area (Å²) in [4.78, 5) is 13.4. The Bertz CT molecular complexity index is 1070. The third-order valence-corrected chi connectivity index (χ3v) is 14.8. The van der Waals surface area contributed by atoms with E-state index >= 15 is 0 Å². The van der Waals surface area contributed by atoms with Gasteiger partial charge in [-0.1, -0.05) is 80.9 Å². The van der Waals surface area contributed by atoms with E-state index in [1.54, 1.807) is 7.11 Å². The number of fused-ring (bicyclic) bond motifs is 3. The van der Waals surface area contributed by atoms with Gasteiger partial charge in [-0.3, -0.25) is 4.79 Å². The Kier molecular flexibility index (Phi) is 13.3.